The highest BCUT2D eigenvalue weighted by Crippen LogP contribution is 2.49. The summed E-state index contributed by atoms with van der Waals surface area (Å²) >= 11 is 3.44. The maximum absolute atomic E-state index is 12.1. The first kappa shape index (κ1) is 32.7. The molecule has 0 saturated heterocycles. The summed E-state index contributed by atoms with van der Waals surface area (Å²) in [6.45, 7) is 12.5. The molecule has 8 atom stereocenters. The van der Waals surface area contributed by atoms with Crippen molar-refractivity contribution in [1.29, 1.82) is 0 Å². The number of carbonyl (C=O) groups excluding carboxylic acids is 2. The minimum absolute atomic E-state index is 0. The molecule has 0 spiro atoms. The molecule has 10 heteroatoms. The first-order chi connectivity index (χ1) is 19.0. The number of rotatable bonds is 6. The van der Waals surface area contributed by atoms with Crippen LogP contribution in [0.15, 0.2) is 34.3 Å². The summed E-state index contributed by atoms with van der Waals surface area (Å²) in [5.74, 6) is 5.42. The normalized spacial score (nSPS) is 38.4. The first-order valence-electron chi connectivity index (χ1n) is 14.9. The number of aliphatic imine (C=N–C) groups is 2. The quantitative estimate of drug-likeness (QED) is 0.241. The molecule has 0 aromatic carbocycles. The maximum Gasteiger partial charge on any atom is 1.00 e. The number of hydrogen-bond donors (Lipinski definition) is 0. The van der Waals surface area contributed by atoms with E-state index >= 15 is 0 Å². The van der Waals surface area contributed by atoms with Gasteiger partial charge in [-0.2, -0.15) is 0 Å². The Bertz CT molecular complexity index is 1190. The average Bonchev–Trinajstić information content (AvgIpc) is 3.68. The Morgan fingerprint density at radius 2 is 1.15 bits per heavy atom. The summed E-state index contributed by atoms with van der Waals surface area (Å²) in [5.41, 5.74) is 0. The third kappa shape index (κ3) is 7.65. The Kier molecular flexibility index (Phi) is 9.89. The van der Waals surface area contributed by atoms with Gasteiger partial charge in [-0.25, -0.2) is 18.4 Å². The standard InChI is InChI=1S/2C15H21NOS.CH4O3S/c2*1-9(2)15(3)14(17)16-13(18-15)8-12-7-10-4-5-11(12)6-10;1-5(2,3)4/h2*4-5,9-12H,6-8H2,1-3H3;1H3,(H,2,3,4)/t2*10?,11?,12?,15-;/m00./s1. The molecule has 6 rings (SSSR count). The van der Waals surface area contributed by atoms with Crippen molar-refractivity contribution in [3.8, 4) is 0 Å². The molecule has 4 aliphatic carbocycles. The Morgan fingerprint density at radius 3 is 1.37 bits per heavy atom. The lowest BCUT2D eigenvalue weighted by atomic mass is 9.91. The van der Waals surface area contributed by atoms with Gasteiger partial charge in [-0.05, 0) is 99.7 Å². The molecule has 7 nitrogen and oxygen atoms in total. The van der Waals surface area contributed by atoms with Crippen molar-refractivity contribution in [3.05, 3.63) is 24.3 Å². The van der Waals surface area contributed by atoms with Crippen LogP contribution in [0.3, 0.4) is 0 Å². The van der Waals surface area contributed by atoms with Gasteiger partial charge in [0.05, 0.1) is 20.2 Å². The molecule has 2 fully saturated rings. The molecule has 6 aliphatic rings. The molecule has 0 N–H and O–H groups in total. The zero-order valence-electron chi connectivity index (χ0n) is 26.3. The van der Waals surface area contributed by atoms with Crippen LogP contribution in [0.1, 0.15) is 81.5 Å². The van der Waals surface area contributed by atoms with E-state index < -0.39 is 10.1 Å². The van der Waals surface area contributed by atoms with Gasteiger partial charge in [-0.3, -0.25) is 9.59 Å². The molecule has 0 radical (unpaired) electrons. The van der Waals surface area contributed by atoms with Crippen LogP contribution in [0.5, 0.6) is 0 Å². The largest absolute Gasteiger partial charge is 1.00 e. The van der Waals surface area contributed by atoms with Crippen LogP contribution < -0.4 is 0 Å². The lowest BCUT2D eigenvalue weighted by Gasteiger charge is -2.25. The number of nitrogens with zero attached hydrogens (tertiary/aromatic N) is 2. The summed E-state index contributed by atoms with van der Waals surface area (Å²) < 4.78 is 26.6. The summed E-state index contributed by atoms with van der Waals surface area (Å²) in [7, 11) is -3.92. The van der Waals surface area contributed by atoms with Gasteiger partial charge in [0.25, 0.3) is 11.8 Å². The van der Waals surface area contributed by atoms with Gasteiger partial charge in [0, 0.05) is 6.26 Å². The van der Waals surface area contributed by atoms with E-state index in [9.17, 15) is 9.59 Å². The van der Waals surface area contributed by atoms with Crippen LogP contribution in [0, 0.1) is 47.3 Å². The van der Waals surface area contributed by atoms with Crippen molar-refractivity contribution in [2.24, 2.45) is 57.3 Å². The molecule has 41 heavy (non-hydrogen) atoms. The fourth-order valence-electron chi connectivity index (χ4n) is 6.68. The highest BCUT2D eigenvalue weighted by atomic mass is 32.2. The molecule has 4 bridgehead atoms. The monoisotopic (exact) mass is 622 g/mol. The fourth-order valence-corrected chi connectivity index (χ4v) is 9.25. The molecule has 0 aromatic rings. The van der Waals surface area contributed by atoms with Gasteiger partial charge in [-0.15, -0.1) is 0 Å². The van der Waals surface area contributed by atoms with Crippen molar-refractivity contribution >= 4 is 55.5 Å². The van der Waals surface area contributed by atoms with Gasteiger partial charge >= 0.3 is 1.43 Å². The van der Waals surface area contributed by atoms with E-state index in [-0.39, 0.29) is 22.7 Å². The minimum atomic E-state index is -3.92. The molecular weight excluding hydrogens is 577 g/mol. The summed E-state index contributed by atoms with van der Waals surface area (Å²) in [5, 5.41) is 2.17. The van der Waals surface area contributed by atoms with Gasteiger partial charge in [0.1, 0.15) is 9.49 Å². The molecular formula is C31H46N2O5S3. The molecule has 2 amide bonds. The Morgan fingerprint density at radius 1 is 0.805 bits per heavy atom. The predicted octanol–water partition coefficient (Wildman–Crippen LogP) is 6.62. The Hall–Kier alpha value is -1.23. The number of amides is 2. The topological polar surface area (TPSA) is 116 Å². The van der Waals surface area contributed by atoms with Crippen LogP contribution in [0.25, 0.3) is 0 Å². The van der Waals surface area contributed by atoms with E-state index in [1.165, 1.54) is 25.7 Å². The first-order valence-corrected chi connectivity index (χ1v) is 18.3. The number of carbonyl (C=O) groups is 2. The minimum Gasteiger partial charge on any atom is -0.748 e. The van der Waals surface area contributed by atoms with Crippen molar-refractivity contribution < 1.29 is 24.0 Å². The van der Waals surface area contributed by atoms with Crippen LogP contribution >= 0.6 is 23.5 Å². The Labute approximate surface area is 256 Å². The van der Waals surface area contributed by atoms with E-state index in [1.54, 1.807) is 23.5 Å². The van der Waals surface area contributed by atoms with Crippen molar-refractivity contribution in [2.45, 2.75) is 89.6 Å². The highest BCUT2D eigenvalue weighted by Gasteiger charge is 2.46. The second-order valence-corrected chi connectivity index (χ2v) is 18.0. The highest BCUT2D eigenvalue weighted by molar-refractivity contribution is 8.16. The van der Waals surface area contributed by atoms with Crippen molar-refractivity contribution in [3.63, 3.8) is 0 Å². The molecule has 6 unspecified atom stereocenters. The molecule has 2 saturated carbocycles. The third-order valence-electron chi connectivity index (χ3n) is 9.87. The lowest BCUT2D eigenvalue weighted by molar-refractivity contribution is -0.121. The SMILES string of the molecule is CC(C)[C@]1(C)SC(CC2CC3C=CC2C3)=NC1=O.CC(C)[C@]1(C)SC(CC2CC3C=CC2C3)=NC1=O.CS(=O)(=O)[O-].[H+]. The van der Waals surface area contributed by atoms with Gasteiger partial charge in [0.15, 0.2) is 0 Å². The zero-order valence-corrected chi connectivity index (χ0v) is 27.8. The van der Waals surface area contributed by atoms with Crippen LogP contribution in [0.4, 0.5) is 0 Å². The smallest absolute Gasteiger partial charge is 0.748 e. The predicted molar refractivity (Wildman–Crippen MR) is 170 cm³/mol. The fraction of sp³-hybridized carbons (Fsp3) is 0.742. The van der Waals surface area contributed by atoms with E-state index in [1.807, 2.05) is 13.8 Å². The van der Waals surface area contributed by atoms with Crippen LogP contribution in [-0.4, -0.2) is 50.6 Å². The number of thioether (sulfide) groups is 2. The molecule has 2 aliphatic heterocycles. The van der Waals surface area contributed by atoms with Crippen LogP contribution in [-0.2, 0) is 19.7 Å². The number of allylic oxidation sites excluding steroid dienone is 4. The van der Waals surface area contributed by atoms with Crippen LogP contribution in [0.2, 0.25) is 0 Å². The Balaban J connectivity index is 0.000000195. The van der Waals surface area contributed by atoms with E-state index in [0.29, 0.717) is 18.1 Å². The average molecular weight is 623 g/mol. The number of hydrogen-bond acceptors (Lipinski definition) is 7. The van der Waals surface area contributed by atoms with Crippen molar-refractivity contribution in [1.82, 2.24) is 0 Å². The van der Waals surface area contributed by atoms with Gasteiger partial charge in [-0.1, -0.05) is 75.5 Å². The summed E-state index contributed by atoms with van der Waals surface area (Å²) in [4.78, 5) is 32.8. The van der Waals surface area contributed by atoms with E-state index in [2.05, 4.69) is 62.0 Å². The third-order valence-corrected chi connectivity index (χ3v) is 13.0. The second-order valence-electron chi connectivity index (χ2n) is 13.5. The molecule has 0 aromatic heterocycles. The number of fused-ring (bicyclic) bond motifs is 4. The summed E-state index contributed by atoms with van der Waals surface area (Å²) in [6, 6.07) is 0. The second kappa shape index (κ2) is 12.4. The zero-order chi connectivity index (χ0) is 30.3. The van der Waals surface area contributed by atoms with Crippen molar-refractivity contribution in [2.75, 3.05) is 6.26 Å². The van der Waals surface area contributed by atoms with Gasteiger partial charge < -0.3 is 4.55 Å². The maximum atomic E-state index is 12.1. The lowest BCUT2D eigenvalue weighted by Crippen LogP contribution is -2.33. The van der Waals surface area contributed by atoms with Gasteiger partial charge in [0.2, 0.25) is 0 Å². The van der Waals surface area contributed by atoms with E-state index in [0.717, 1.165) is 58.4 Å². The summed E-state index contributed by atoms with van der Waals surface area (Å²) in [6.07, 6.45) is 17.4. The molecule has 2 heterocycles. The van der Waals surface area contributed by atoms with E-state index in [4.69, 9.17) is 13.0 Å². The molecule has 228 valence electrons.